The Morgan fingerprint density at radius 2 is 1.41 bits per heavy atom. The molecule has 0 atom stereocenters. The molecular formula is C11H20N2O4. The molecule has 0 aliphatic heterocycles. The van der Waals surface area contributed by atoms with Crippen LogP contribution in [-0.4, -0.2) is 36.7 Å². The summed E-state index contributed by atoms with van der Waals surface area (Å²) in [7, 11) is 1.27. The Morgan fingerprint density at radius 1 is 1.00 bits per heavy atom. The number of rotatable bonds is 5. The number of carbonyl (C=O) groups is 2. The van der Waals surface area contributed by atoms with E-state index in [1.807, 2.05) is 0 Å². The molecule has 0 unspecified atom stereocenters. The number of carbonyl (C=O) groups excluding carboxylic acids is 2. The maximum Gasteiger partial charge on any atom is 0.335 e. The number of esters is 2. The monoisotopic (exact) mass is 244 g/mol. The lowest BCUT2D eigenvalue weighted by Gasteiger charge is -2.19. The predicted octanol–water partition coefficient (Wildman–Crippen LogP) is 1.73. The van der Waals surface area contributed by atoms with Crippen LogP contribution in [-0.2, 0) is 19.1 Å². The van der Waals surface area contributed by atoms with Gasteiger partial charge in [-0.05, 0) is 34.6 Å². The molecule has 0 bridgehead atoms. The molecule has 0 aliphatic carbocycles. The second-order valence-corrected chi connectivity index (χ2v) is 4.53. The summed E-state index contributed by atoms with van der Waals surface area (Å²) < 4.78 is 9.43. The predicted molar refractivity (Wildman–Crippen MR) is 61.7 cm³/mol. The number of nitrogens with zero attached hydrogens (tertiary/aromatic N) is 2. The van der Waals surface area contributed by atoms with Crippen LogP contribution in [0.1, 0.15) is 34.6 Å². The molecule has 0 N–H and O–H groups in total. The molecule has 0 aromatic carbocycles. The second kappa shape index (κ2) is 5.75. The molecule has 0 fully saturated rings. The van der Waals surface area contributed by atoms with E-state index in [0.29, 0.717) is 0 Å². The molecule has 0 spiro atoms. The van der Waals surface area contributed by atoms with Crippen LogP contribution in [0, 0.1) is 0 Å². The van der Waals surface area contributed by atoms with E-state index in [2.05, 4.69) is 15.0 Å². The molecule has 0 radical (unpaired) electrons. The highest BCUT2D eigenvalue weighted by atomic mass is 16.5. The van der Waals surface area contributed by atoms with Crippen molar-refractivity contribution in [1.82, 2.24) is 0 Å². The van der Waals surface area contributed by atoms with Crippen molar-refractivity contribution in [2.24, 2.45) is 10.2 Å². The second-order valence-electron chi connectivity index (χ2n) is 4.53. The summed E-state index contributed by atoms with van der Waals surface area (Å²) >= 11 is 0. The van der Waals surface area contributed by atoms with Gasteiger partial charge in [-0.15, -0.1) is 0 Å². The van der Waals surface area contributed by atoms with E-state index >= 15 is 0 Å². The zero-order chi connectivity index (χ0) is 13.7. The zero-order valence-corrected chi connectivity index (χ0v) is 11.2. The molecule has 17 heavy (non-hydrogen) atoms. The Morgan fingerprint density at radius 3 is 1.76 bits per heavy atom. The van der Waals surface area contributed by atoms with Crippen molar-refractivity contribution in [2.45, 2.75) is 45.7 Å². The van der Waals surface area contributed by atoms with Gasteiger partial charge in [0, 0.05) is 0 Å². The van der Waals surface area contributed by atoms with E-state index in [1.54, 1.807) is 34.6 Å². The van der Waals surface area contributed by atoms with Crippen molar-refractivity contribution >= 4 is 11.9 Å². The van der Waals surface area contributed by atoms with Crippen LogP contribution in [0.25, 0.3) is 0 Å². The third-order valence-corrected chi connectivity index (χ3v) is 2.01. The fourth-order valence-corrected chi connectivity index (χ4v) is 0.889. The summed E-state index contributed by atoms with van der Waals surface area (Å²) in [6.45, 7) is 8.25. The summed E-state index contributed by atoms with van der Waals surface area (Å²) in [6, 6.07) is 0. The Balaban J connectivity index is 4.81. The quantitative estimate of drug-likeness (QED) is 0.545. The number of azo groups is 1. The summed E-state index contributed by atoms with van der Waals surface area (Å²) in [5.74, 6) is -0.995. The van der Waals surface area contributed by atoms with Gasteiger partial charge in [0.25, 0.3) is 0 Å². The first kappa shape index (κ1) is 15.5. The molecule has 0 aliphatic rings. The van der Waals surface area contributed by atoms with Crippen LogP contribution < -0.4 is 0 Å². The van der Waals surface area contributed by atoms with Crippen LogP contribution in [0.2, 0.25) is 0 Å². The molecule has 0 amide bonds. The Bertz CT molecular complexity index is 321. The topological polar surface area (TPSA) is 77.3 Å². The lowest BCUT2D eigenvalue weighted by Crippen LogP contribution is -2.34. The maximum absolute atomic E-state index is 11.5. The molecule has 0 heterocycles. The zero-order valence-electron chi connectivity index (χ0n) is 11.2. The van der Waals surface area contributed by atoms with Gasteiger partial charge in [0.2, 0.25) is 0 Å². The van der Waals surface area contributed by atoms with Gasteiger partial charge in [0.15, 0.2) is 11.1 Å². The molecule has 6 nitrogen and oxygen atoms in total. The number of methoxy groups -OCH3 is 1. The van der Waals surface area contributed by atoms with Crippen LogP contribution in [0.3, 0.4) is 0 Å². The summed E-state index contributed by atoms with van der Waals surface area (Å²) in [4.78, 5) is 22.9. The largest absolute Gasteiger partial charge is 0.467 e. The number of ether oxygens (including phenoxy) is 2. The number of hydrogen-bond acceptors (Lipinski definition) is 6. The van der Waals surface area contributed by atoms with E-state index in [0.717, 1.165) is 0 Å². The van der Waals surface area contributed by atoms with Gasteiger partial charge in [-0.1, -0.05) is 0 Å². The van der Waals surface area contributed by atoms with Crippen molar-refractivity contribution in [2.75, 3.05) is 13.7 Å². The first-order valence-electron chi connectivity index (χ1n) is 5.37. The first-order chi connectivity index (χ1) is 7.67. The van der Waals surface area contributed by atoms with Crippen LogP contribution in [0.15, 0.2) is 10.2 Å². The van der Waals surface area contributed by atoms with Crippen molar-refractivity contribution in [1.29, 1.82) is 0 Å². The smallest absolute Gasteiger partial charge is 0.335 e. The summed E-state index contributed by atoms with van der Waals surface area (Å²) in [6.07, 6.45) is 0. The van der Waals surface area contributed by atoms with E-state index in [1.165, 1.54) is 7.11 Å². The average Bonchev–Trinajstić information content (AvgIpc) is 2.26. The van der Waals surface area contributed by atoms with Crippen LogP contribution >= 0.6 is 0 Å². The lowest BCUT2D eigenvalue weighted by molar-refractivity contribution is -0.149. The fraction of sp³-hybridized carbons (Fsp3) is 0.818. The maximum atomic E-state index is 11.5. The molecular weight excluding hydrogens is 224 g/mol. The van der Waals surface area contributed by atoms with Gasteiger partial charge in [-0.25, -0.2) is 9.59 Å². The van der Waals surface area contributed by atoms with Crippen molar-refractivity contribution < 1.29 is 19.1 Å². The molecule has 6 heteroatoms. The first-order valence-corrected chi connectivity index (χ1v) is 5.37. The van der Waals surface area contributed by atoms with E-state index < -0.39 is 23.0 Å². The highest BCUT2D eigenvalue weighted by Crippen LogP contribution is 2.18. The molecule has 0 aromatic rings. The summed E-state index contributed by atoms with van der Waals surface area (Å²) in [5.41, 5.74) is -2.22. The lowest BCUT2D eigenvalue weighted by atomic mass is 10.1. The SMILES string of the molecule is CCOC(=O)C(C)(C)/N=N/C(C)(C)C(=O)OC. The van der Waals surface area contributed by atoms with Gasteiger partial charge in [0.05, 0.1) is 13.7 Å². The Hall–Kier alpha value is -1.46. The molecule has 0 saturated heterocycles. The minimum absolute atomic E-state index is 0.276. The standard InChI is InChI=1S/C11H20N2O4/c1-7-17-9(15)11(4,5)13-12-10(2,3)8(14)16-6/h7H2,1-6H3/b13-12+. The average molecular weight is 244 g/mol. The van der Waals surface area contributed by atoms with E-state index in [-0.39, 0.29) is 6.61 Å². The Kier molecular flexibility index (Phi) is 5.25. The van der Waals surface area contributed by atoms with Gasteiger partial charge < -0.3 is 9.47 Å². The number of hydrogen-bond donors (Lipinski definition) is 0. The van der Waals surface area contributed by atoms with Gasteiger partial charge in [0.1, 0.15) is 0 Å². The molecule has 0 saturated carbocycles. The highest BCUT2D eigenvalue weighted by Gasteiger charge is 2.33. The summed E-state index contributed by atoms with van der Waals surface area (Å²) in [5, 5.41) is 7.72. The van der Waals surface area contributed by atoms with Crippen molar-refractivity contribution in [3.63, 3.8) is 0 Å². The minimum atomic E-state index is -1.11. The molecule has 0 rings (SSSR count). The van der Waals surface area contributed by atoms with Crippen LogP contribution in [0.5, 0.6) is 0 Å². The van der Waals surface area contributed by atoms with E-state index in [9.17, 15) is 9.59 Å². The van der Waals surface area contributed by atoms with Crippen molar-refractivity contribution in [3.8, 4) is 0 Å². The minimum Gasteiger partial charge on any atom is -0.467 e. The Labute approximate surface area is 101 Å². The molecule has 98 valence electrons. The van der Waals surface area contributed by atoms with Crippen LogP contribution in [0.4, 0.5) is 0 Å². The normalized spacial score (nSPS) is 12.6. The highest BCUT2D eigenvalue weighted by molar-refractivity contribution is 5.81. The van der Waals surface area contributed by atoms with Gasteiger partial charge >= 0.3 is 11.9 Å². The van der Waals surface area contributed by atoms with Gasteiger partial charge in [-0.2, -0.15) is 10.2 Å². The third kappa shape index (κ3) is 4.50. The van der Waals surface area contributed by atoms with Gasteiger partial charge in [-0.3, -0.25) is 0 Å². The third-order valence-electron chi connectivity index (χ3n) is 2.01. The van der Waals surface area contributed by atoms with E-state index in [4.69, 9.17) is 4.74 Å². The fourth-order valence-electron chi connectivity index (χ4n) is 0.889. The molecule has 0 aromatic heterocycles. The van der Waals surface area contributed by atoms with Crippen molar-refractivity contribution in [3.05, 3.63) is 0 Å².